The Bertz CT molecular complexity index is 1100. The van der Waals surface area contributed by atoms with Crippen LogP contribution < -0.4 is 0 Å². The predicted molar refractivity (Wildman–Crippen MR) is 130 cm³/mol. The Balaban J connectivity index is 2.02. The van der Waals surface area contributed by atoms with E-state index in [1.807, 2.05) is 0 Å². The standard InChI is InChI=1S/C29H29N/c1-28(2,3)30-27-26(23-16-10-6-11-17-23)20-24(22-14-8-5-9-15-22)21-29(27,4)25-18-12-7-13-19-25/h5-21H,1-4H3. The van der Waals surface area contributed by atoms with Crippen LogP contribution in [0.4, 0.5) is 0 Å². The van der Waals surface area contributed by atoms with Crippen LogP contribution in [0.5, 0.6) is 0 Å². The van der Waals surface area contributed by atoms with Crippen molar-refractivity contribution < 1.29 is 0 Å². The van der Waals surface area contributed by atoms with E-state index in [1.165, 1.54) is 27.8 Å². The van der Waals surface area contributed by atoms with E-state index < -0.39 is 0 Å². The summed E-state index contributed by atoms with van der Waals surface area (Å²) in [4.78, 5) is 5.29. The maximum Gasteiger partial charge on any atom is 0.0574 e. The van der Waals surface area contributed by atoms with E-state index >= 15 is 0 Å². The molecule has 0 spiro atoms. The predicted octanol–water partition coefficient (Wildman–Crippen LogP) is 7.36. The SMILES string of the molecule is CC(C)(C)N=C1C(c2ccccc2)=CC(c2ccccc2)=CC1(C)c1ccccc1. The summed E-state index contributed by atoms with van der Waals surface area (Å²) in [5.41, 5.74) is 6.70. The first-order valence-corrected chi connectivity index (χ1v) is 10.6. The molecular formula is C29H29N. The van der Waals surface area contributed by atoms with Gasteiger partial charge in [0.25, 0.3) is 0 Å². The molecule has 0 aromatic heterocycles. The third-order valence-electron chi connectivity index (χ3n) is 5.50. The number of rotatable bonds is 3. The minimum absolute atomic E-state index is 0.183. The van der Waals surface area contributed by atoms with E-state index in [4.69, 9.17) is 4.99 Å². The van der Waals surface area contributed by atoms with Crippen LogP contribution >= 0.6 is 0 Å². The van der Waals surface area contributed by atoms with Gasteiger partial charge in [-0.15, -0.1) is 0 Å². The van der Waals surface area contributed by atoms with E-state index in [2.05, 4.69) is 131 Å². The van der Waals surface area contributed by atoms with Crippen molar-refractivity contribution in [1.82, 2.24) is 0 Å². The van der Waals surface area contributed by atoms with Crippen LogP contribution in [0.2, 0.25) is 0 Å². The van der Waals surface area contributed by atoms with Crippen molar-refractivity contribution in [2.45, 2.75) is 38.6 Å². The first kappa shape index (κ1) is 20.1. The molecule has 0 saturated heterocycles. The zero-order valence-electron chi connectivity index (χ0n) is 18.3. The Morgan fingerprint density at radius 3 is 1.70 bits per heavy atom. The van der Waals surface area contributed by atoms with Crippen molar-refractivity contribution in [2.24, 2.45) is 4.99 Å². The Hall–Kier alpha value is -3.19. The van der Waals surface area contributed by atoms with Crippen molar-refractivity contribution in [2.75, 3.05) is 0 Å². The molecular weight excluding hydrogens is 362 g/mol. The molecule has 1 unspecified atom stereocenters. The quantitative estimate of drug-likeness (QED) is 0.442. The van der Waals surface area contributed by atoms with Gasteiger partial charge in [0.05, 0.1) is 16.7 Å². The molecule has 150 valence electrons. The van der Waals surface area contributed by atoms with Gasteiger partial charge in [0.15, 0.2) is 0 Å². The summed E-state index contributed by atoms with van der Waals surface area (Å²) in [6, 6.07) is 32.0. The second-order valence-corrected chi connectivity index (χ2v) is 9.09. The molecule has 0 heterocycles. The van der Waals surface area contributed by atoms with E-state index in [1.54, 1.807) is 0 Å². The Morgan fingerprint density at radius 2 is 1.17 bits per heavy atom. The van der Waals surface area contributed by atoms with E-state index in [0.717, 1.165) is 5.71 Å². The number of allylic oxidation sites excluding steroid dienone is 4. The topological polar surface area (TPSA) is 12.4 Å². The van der Waals surface area contributed by atoms with Gasteiger partial charge in [-0.3, -0.25) is 4.99 Å². The maximum atomic E-state index is 5.29. The van der Waals surface area contributed by atoms with E-state index in [-0.39, 0.29) is 11.0 Å². The van der Waals surface area contributed by atoms with Gasteiger partial charge in [-0.2, -0.15) is 0 Å². The number of nitrogens with zero attached hydrogens (tertiary/aromatic N) is 1. The summed E-state index contributed by atoms with van der Waals surface area (Å²) in [6.07, 6.45) is 4.69. The van der Waals surface area contributed by atoms with Crippen LogP contribution in [0.3, 0.4) is 0 Å². The lowest BCUT2D eigenvalue weighted by atomic mass is 9.69. The lowest BCUT2D eigenvalue weighted by Gasteiger charge is -2.36. The minimum Gasteiger partial charge on any atom is -0.282 e. The van der Waals surface area contributed by atoms with Gasteiger partial charge in [0, 0.05) is 5.57 Å². The zero-order valence-corrected chi connectivity index (χ0v) is 18.3. The lowest BCUT2D eigenvalue weighted by molar-refractivity contribution is 0.576. The molecule has 0 fully saturated rings. The normalized spacial score (nSPS) is 20.6. The molecule has 1 aliphatic carbocycles. The van der Waals surface area contributed by atoms with Gasteiger partial charge < -0.3 is 0 Å². The Morgan fingerprint density at radius 1 is 0.667 bits per heavy atom. The fourth-order valence-electron chi connectivity index (χ4n) is 4.08. The molecule has 0 saturated carbocycles. The molecule has 0 N–H and O–H groups in total. The highest BCUT2D eigenvalue weighted by Crippen LogP contribution is 2.42. The molecule has 3 aromatic carbocycles. The molecule has 0 amide bonds. The molecule has 0 radical (unpaired) electrons. The maximum absolute atomic E-state index is 5.29. The highest BCUT2D eigenvalue weighted by atomic mass is 14.9. The molecule has 1 aliphatic rings. The average molecular weight is 392 g/mol. The monoisotopic (exact) mass is 391 g/mol. The fourth-order valence-corrected chi connectivity index (χ4v) is 4.08. The van der Waals surface area contributed by atoms with Gasteiger partial charge >= 0.3 is 0 Å². The van der Waals surface area contributed by atoms with Crippen molar-refractivity contribution in [3.8, 4) is 0 Å². The van der Waals surface area contributed by atoms with Crippen molar-refractivity contribution >= 4 is 16.9 Å². The number of hydrogen-bond donors (Lipinski definition) is 0. The molecule has 30 heavy (non-hydrogen) atoms. The van der Waals surface area contributed by atoms with Gasteiger partial charge in [0.1, 0.15) is 0 Å². The number of benzene rings is 3. The van der Waals surface area contributed by atoms with Crippen LogP contribution in [-0.2, 0) is 5.41 Å². The highest BCUT2D eigenvalue weighted by molar-refractivity contribution is 6.32. The first-order valence-electron chi connectivity index (χ1n) is 10.6. The van der Waals surface area contributed by atoms with Crippen molar-refractivity contribution in [3.63, 3.8) is 0 Å². The average Bonchev–Trinajstić information content (AvgIpc) is 2.76. The summed E-state index contributed by atoms with van der Waals surface area (Å²) < 4.78 is 0. The Labute approximate surface area is 180 Å². The second-order valence-electron chi connectivity index (χ2n) is 9.09. The summed E-state index contributed by atoms with van der Waals surface area (Å²) in [7, 11) is 0. The zero-order chi connectivity index (χ0) is 21.2. The van der Waals surface area contributed by atoms with Crippen LogP contribution in [-0.4, -0.2) is 11.3 Å². The van der Waals surface area contributed by atoms with Gasteiger partial charge in [-0.05, 0) is 56.0 Å². The summed E-state index contributed by atoms with van der Waals surface area (Å²) in [6.45, 7) is 8.81. The van der Waals surface area contributed by atoms with Crippen LogP contribution in [0.1, 0.15) is 44.4 Å². The molecule has 1 nitrogen and oxygen atoms in total. The fraction of sp³-hybridized carbons (Fsp3) is 0.207. The minimum atomic E-state index is -0.334. The lowest BCUT2D eigenvalue weighted by Crippen LogP contribution is -2.36. The van der Waals surface area contributed by atoms with E-state index in [0.29, 0.717) is 0 Å². The third-order valence-corrected chi connectivity index (χ3v) is 5.50. The first-order chi connectivity index (χ1) is 14.4. The summed E-state index contributed by atoms with van der Waals surface area (Å²) in [5.74, 6) is 0. The third kappa shape index (κ3) is 4.07. The van der Waals surface area contributed by atoms with Crippen LogP contribution in [0, 0.1) is 0 Å². The van der Waals surface area contributed by atoms with Crippen LogP contribution in [0.15, 0.2) is 108 Å². The molecule has 1 atom stereocenters. The van der Waals surface area contributed by atoms with Gasteiger partial charge in [-0.25, -0.2) is 0 Å². The van der Waals surface area contributed by atoms with Gasteiger partial charge in [-0.1, -0.05) is 97.1 Å². The number of hydrogen-bond acceptors (Lipinski definition) is 1. The van der Waals surface area contributed by atoms with Crippen LogP contribution in [0.25, 0.3) is 11.1 Å². The molecule has 0 aliphatic heterocycles. The van der Waals surface area contributed by atoms with E-state index in [9.17, 15) is 0 Å². The highest BCUT2D eigenvalue weighted by Gasteiger charge is 2.37. The molecule has 3 aromatic rings. The molecule has 1 heteroatoms. The second kappa shape index (κ2) is 7.91. The Kier molecular flexibility index (Phi) is 5.30. The van der Waals surface area contributed by atoms with Crippen molar-refractivity contribution in [3.05, 3.63) is 120 Å². The number of aliphatic imine (C=N–C) groups is 1. The largest absolute Gasteiger partial charge is 0.282 e. The summed E-state index contributed by atoms with van der Waals surface area (Å²) in [5, 5.41) is 0. The summed E-state index contributed by atoms with van der Waals surface area (Å²) >= 11 is 0. The van der Waals surface area contributed by atoms with Crippen molar-refractivity contribution in [1.29, 1.82) is 0 Å². The molecule has 4 rings (SSSR count). The van der Waals surface area contributed by atoms with Gasteiger partial charge in [0.2, 0.25) is 0 Å². The smallest absolute Gasteiger partial charge is 0.0574 e. The molecule has 0 bridgehead atoms.